The first kappa shape index (κ1) is 21.7. The minimum atomic E-state index is -0.872. The Morgan fingerprint density at radius 1 is 0.471 bits per heavy atom. The van der Waals surface area contributed by atoms with Crippen molar-refractivity contribution in [3.63, 3.8) is 0 Å². The highest BCUT2D eigenvalue weighted by Crippen LogP contribution is 2.35. The molecule has 2 nitrogen and oxygen atoms in total. The third kappa shape index (κ3) is 4.49. The van der Waals surface area contributed by atoms with E-state index in [-0.39, 0.29) is 0 Å². The first-order valence-corrected chi connectivity index (χ1v) is 11.6. The van der Waals surface area contributed by atoms with Gasteiger partial charge in [-0.15, -0.1) is 0 Å². The zero-order valence-electron chi connectivity index (χ0n) is 18.9. The maximum atomic E-state index is 12.7. The minimum absolute atomic E-state index is 0.419. The van der Waals surface area contributed by atoms with Crippen LogP contribution in [0, 0.1) is 0 Å². The highest BCUT2D eigenvalue weighted by molar-refractivity contribution is 6.07. The SMILES string of the molecule is O=C(O)c1c(Cc2ccccc2)c(Cc2ccccc2)c(Cc2ccccc2)c2ccccc12. The average molecular weight is 443 g/mol. The molecule has 0 aliphatic heterocycles. The molecule has 0 amide bonds. The highest BCUT2D eigenvalue weighted by Gasteiger charge is 2.23. The summed E-state index contributed by atoms with van der Waals surface area (Å²) >= 11 is 0. The van der Waals surface area contributed by atoms with Gasteiger partial charge in [0, 0.05) is 0 Å². The second-order valence-corrected chi connectivity index (χ2v) is 8.65. The van der Waals surface area contributed by atoms with Crippen LogP contribution in [0.3, 0.4) is 0 Å². The monoisotopic (exact) mass is 442 g/mol. The van der Waals surface area contributed by atoms with Crippen LogP contribution in [0.15, 0.2) is 115 Å². The first-order chi connectivity index (χ1) is 16.7. The van der Waals surface area contributed by atoms with Gasteiger partial charge in [-0.1, -0.05) is 115 Å². The molecule has 1 N–H and O–H groups in total. The van der Waals surface area contributed by atoms with E-state index < -0.39 is 5.97 Å². The molecule has 0 saturated carbocycles. The summed E-state index contributed by atoms with van der Waals surface area (Å²) in [6, 6.07) is 38.9. The fraction of sp³-hybridized carbons (Fsp3) is 0.0938. The van der Waals surface area contributed by atoms with Gasteiger partial charge < -0.3 is 5.11 Å². The standard InChI is InChI=1S/C32H26O2/c33-32(34)31-27-19-11-10-18-26(27)28(20-23-12-4-1-5-13-23)29(21-24-14-6-2-7-15-24)30(31)22-25-16-8-3-9-17-25/h1-19H,20-22H2,(H,33,34). The normalized spacial score (nSPS) is 10.9. The summed E-state index contributed by atoms with van der Waals surface area (Å²) < 4.78 is 0. The van der Waals surface area contributed by atoms with Crippen molar-refractivity contribution in [3.05, 3.63) is 154 Å². The fourth-order valence-electron chi connectivity index (χ4n) is 4.88. The molecule has 0 spiro atoms. The summed E-state index contributed by atoms with van der Waals surface area (Å²) in [5, 5.41) is 12.2. The lowest BCUT2D eigenvalue weighted by Gasteiger charge is -2.22. The van der Waals surface area contributed by atoms with Crippen molar-refractivity contribution in [2.24, 2.45) is 0 Å². The largest absolute Gasteiger partial charge is 0.478 e. The second-order valence-electron chi connectivity index (χ2n) is 8.65. The van der Waals surface area contributed by atoms with Gasteiger partial charge in [0.25, 0.3) is 0 Å². The average Bonchev–Trinajstić information content (AvgIpc) is 2.87. The van der Waals surface area contributed by atoms with E-state index in [4.69, 9.17) is 0 Å². The zero-order valence-corrected chi connectivity index (χ0v) is 18.9. The zero-order chi connectivity index (χ0) is 23.3. The molecule has 2 heteroatoms. The molecule has 0 fully saturated rings. The molecular weight excluding hydrogens is 416 g/mol. The molecule has 0 radical (unpaired) electrons. The molecule has 0 aromatic heterocycles. The Morgan fingerprint density at radius 3 is 1.32 bits per heavy atom. The number of aromatic carboxylic acids is 1. The van der Waals surface area contributed by atoms with E-state index in [0.717, 1.165) is 33.9 Å². The van der Waals surface area contributed by atoms with Gasteiger partial charge in [-0.05, 0) is 63.4 Å². The molecule has 5 aromatic carbocycles. The van der Waals surface area contributed by atoms with Crippen LogP contribution in [-0.2, 0) is 19.3 Å². The van der Waals surface area contributed by atoms with E-state index in [2.05, 4.69) is 54.6 Å². The number of benzene rings is 5. The van der Waals surface area contributed by atoms with Gasteiger partial charge in [0.1, 0.15) is 0 Å². The van der Waals surface area contributed by atoms with E-state index in [1.165, 1.54) is 16.7 Å². The molecule has 34 heavy (non-hydrogen) atoms. The van der Waals surface area contributed by atoms with E-state index in [0.29, 0.717) is 18.4 Å². The number of hydrogen-bond donors (Lipinski definition) is 1. The van der Waals surface area contributed by atoms with E-state index in [1.54, 1.807) is 0 Å². The van der Waals surface area contributed by atoms with Gasteiger partial charge in [0.2, 0.25) is 0 Å². The van der Waals surface area contributed by atoms with E-state index >= 15 is 0 Å². The minimum Gasteiger partial charge on any atom is -0.478 e. The Bertz CT molecular complexity index is 1420. The first-order valence-electron chi connectivity index (χ1n) is 11.6. The quantitative estimate of drug-likeness (QED) is 0.287. The van der Waals surface area contributed by atoms with Crippen molar-refractivity contribution in [3.8, 4) is 0 Å². The Morgan fingerprint density at radius 2 is 0.853 bits per heavy atom. The summed E-state index contributed by atoms with van der Waals surface area (Å²) in [5.41, 5.74) is 7.17. The summed E-state index contributed by atoms with van der Waals surface area (Å²) in [6.45, 7) is 0. The number of carbonyl (C=O) groups is 1. The van der Waals surface area contributed by atoms with Crippen LogP contribution in [0.4, 0.5) is 0 Å². The third-order valence-electron chi connectivity index (χ3n) is 6.44. The molecule has 0 aliphatic rings. The van der Waals surface area contributed by atoms with Gasteiger partial charge in [-0.25, -0.2) is 4.79 Å². The summed E-state index contributed by atoms with van der Waals surface area (Å²) in [6.07, 6.45) is 2.03. The number of rotatable bonds is 7. The molecule has 0 unspecified atom stereocenters. The highest BCUT2D eigenvalue weighted by atomic mass is 16.4. The number of hydrogen-bond acceptors (Lipinski definition) is 1. The molecular formula is C32H26O2. The van der Waals surface area contributed by atoms with Crippen LogP contribution in [0.25, 0.3) is 10.8 Å². The predicted octanol–water partition coefficient (Wildman–Crippen LogP) is 7.31. The second kappa shape index (κ2) is 9.76. The van der Waals surface area contributed by atoms with Crippen LogP contribution in [0.1, 0.15) is 43.7 Å². The van der Waals surface area contributed by atoms with Gasteiger partial charge >= 0.3 is 5.97 Å². The third-order valence-corrected chi connectivity index (χ3v) is 6.44. The number of fused-ring (bicyclic) bond motifs is 1. The Kier molecular flexibility index (Phi) is 6.22. The lowest BCUT2D eigenvalue weighted by Crippen LogP contribution is -2.12. The van der Waals surface area contributed by atoms with Gasteiger partial charge in [-0.3, -0.25) is 0 Å². The maximum Gasteiger partial charge on any atom is 0.336 e. The van der Waals surface area contributed by atoms with Crippen LogP contribution in [0.5, 0.6) is 0 Å². The Balaban J connectivity index is 1.82. The summed E-state index contributed by atoms with van der Waals surface area (Å²) in [5.74, 6) is -0.872. The maximum absolute atomic E-state index is 12.7. The number of carboxylic acid groups (broad SMARTS) is 1. The van der Waals surface area contributed by atoms with Crippen LogP contribution < -0.4 is 0 Å². The van der Waals surface area contributed by atoms with E-state index in [1.807, 2.05) is 60.7 Å². The summed E-state index contributed by atoms with van der Waals surface area (Å²) in [4.78, 5) is 12.7. The smallest absolute Gasteiger partial charge is 0.336 e. The van der Waals surface area contributed by atoms with Gasteiger partial charge in [0.15, 0.2) is 0 Å². The lowest BCUT2D eigenvalue weighted by molar-refractivity contribution is 0.0698. The Hall–Kier alpha value is -4.17. The van der Waals surface area contributed by atoms with Crippen molar-refractivity contribution in [2.45, 2.75) is 19.3 Å². The number of carboxylic acids is 1. The molecule has 5 aromatic rings. The van der Waals surface area contributed by atoms with Crippen molar-refractivity contribution in [1.29, 1.82) is 0 Å². The molecule has 5 rings (SSSR count). The van der Waals surface area contributed by atoms with Crippen molar-refractivity contribution >= 4 is 16.7 Å². The fourth-order valence-corrected chi connectivity index (χ4v) is 4.88. The predicted molar refractivity (Wildman–Crippen MR) is 139 cm³/mol. The van der Waals surface area contributed by atoms with Crippen LogP contribution in [0.2, 0.25) is 0 Å². The molecule has 0 aliphatic carbocycles. The van der Waals surface area contributed by atoms with Crippen LogP contribution in [-0.4, -0.2) is 11.1 Å². The molecule has 0 atom stereocenters. The van der Waals surface area contributed by atoms with Crippen molar-refractivity contribution in [1.82, 2.24) is 0 Å². The molecule has 0 saturated heterocycles. The van der Waals surface area contributed by atoms with Gasteiger partial charge in [-0.2, -0.15) is 0 Å². The van der Waals surface area contributed by atoms with E-state index in [9.17, 15) is 9.90 Å². The Labute approximate surface area is 200 Å². The topological polar surface area (TPSA) is 37.3 Å². The molecule has 0 heterocycles. The molecule has 166 valence electrons. The van der Waals surface area contributed by atoms with Crippen molar-refractivity contribution in [2.75, 3.05) is 0 Å². The van der Waals surface area contributed by atoms with Crippen molar-refractivity contribution < 1.29 is 9.90 Å². The summed E-state index contributed by atoms with van der Waals surface area (Å²) in [7, 11) is 0. The molecule has 0 bridgehead atoms. The van der Waals surface area contributed by atoms with Crippen LogP contribution >= 0.6 is 0 Å². The lowest BCUT2D eigenvalue weighted by atomic mass is 9.82. The van der Waals surface area contributed by atoms with Gasteiger partial charge in [0.05, 0.1) is 5.56 Å².